The lowest BCUT2D eigenvalue weighted by Crippen LogP contribution is -2.32. The highest BCUT2D eigenvalue weighted by Gasteiger charge is 2.56. The van der Waals surface area contributed by atoms with Gasteiger partial charge in [-0.05, 0) is 60.2 Å². The topological polar surface area (TPSA) is 129 Å². The number of hydrogen-bond acceptors (Lipinski definition) is 8. The largest absolute Gasteiger partial charge is 0.508 e. The zero-order chi connectivity index (χ0) is 30.5. The van der Waals surface area contributed by atoms with Gasteiger partial charge in [-0.25, -0.2) is 4.90 Å². The molecule has 2 aliphatic heterocycles. The Hall–Kier alpha value is -4.56. The number of hydrogen-bond donors (Lipinski definition) is 3. The van der Waals surface area contributed by atoms with E-state index >= 15 is 0 Å². The Labute approximate surface area is 249 Å². The number of aromatic nitrogens is 1. The second-order valence-electron chi connectivity index (χ2n) is 9.76. The molecule has 43 heavy (non-hydrogen) atoms. The Kier molecular flexibility index (Phi) is 7.26. The van der Waals surface area contributed by atoms with Crippen LogP contribution in [0.5, 0.6) is 11.5 Å². The average molecular weight is 628 g/mol. The van der Waals surface area contributed by atoms with E-state index in [0.717, 1.165) is 46.2 Å². The molecule has 0 unspecified atom stereocenters. The summed E-state index contributed by atoms with van der Waals surface area (Å²) in [5, 5.41) is 11.5. The molecule has 4 aromatic rings. The number of aromatic amines is 1. The summed E-state index contributed by atoms with van der Waals surface area (Å²) in [7, 11) is 0. The molecule has 6 rings (SSSR count). The number of ether oxygens (including phenoxy) is 1. The van der Waals surface area contributed by atoms with Crippen LogP contribution in [0.15, 0.2) is 82.6 Å². The molecule has 0 bridgehead atoms. The van der Waals surface area contributed by atoms with E-state index in [1.165, 1.54) is 30.3 Å². The van der Waals surface area contributed by atoms with Crippen molar-refractivity contribution in [2.24, 2.45) is 5.92 Å². The Morgan fingerprint density at radius 2 is 1.72 bits per heavy atom. The first-order chi connectivity index (χ1) is 20.5. The maximum absolute atomic E-state index is 13.8. The van der Waals surface area contributed by atoms with Gasteiger partial charge in [0.15, 0.2) is 6.61 Å². The number of phenolic OH excluding ortho intramolecular Hbond substituents is 1. The number of aromatic hydroxyl groups is 1. The first-order valence-corrected chi connectivity index (χ1v) is 14.5. The molecule has 3 aromatic carbocycles. The van der Waals surface area contributed by atoms with Crippen LogP contribution >= 0.6 is 23.1 Å². The normalized spacial score (nSPS) is 19.6. The number of alkyl halides is 3. The number of benzene rings is 3. The molecule has 1 fully saturated rings. The highest BCUT2D eigenvalue weighted by molar-refractivity contribution is 8.00. The molecule has 0 radical (unpaired) electrons. The number of imide groups is 1. The van der Waals surface area contributed by atoms with Crippen molar-refractivity contribution < 1.29 is 37.4 Å². The van der Waals surface area contributed by atoms with E-state index in [1.807, 2.05) is 0 Å². The van der Waals surface area contributed by atoms with Crippen LogP contribution in [0.2, 0.25) is 0 Å². The van der Waals surface area contributed by atoms with Crippen LogP contribution in [0, 0.1) is 5.92 Å². The lowest BCUT2D eigenvalue weighted by atomic mass is 9.83. The number of amides is 3. The summed E-state index contributed by atoms with van der Waals surface area (Å²) in [6.45, 7) is -0.312. The molecular formula is C29H20F3N3O6S2. The quantitative estimate of drug-likeness (QED) is 0.203. The molecule has 3 N–H and O–H groups in total. The predicted octanol–water partition coefficient (Wildman–Crippen LogP) is 4.97. The predicted molar refractivity (Wildman–Crippen MR) is 153 cm³/mol. The van der Waals surface area contributed by atoms with Gasteiger partial charge in [0.25, 0.3) is 5.91 Å². The molecule has 1 aromatic heterocycles. The molecule has 9 nitrogen and oxygen atoms in total. The van der Waals surface area contributed by atoms with Crippen LogP contribution in [0.25, 0.3) is 0 Å². The van der Waals surface area contributed by atoms with Crippen LogP contribution < -0.4 is 19.8 Å². The van der Waals surface area contributed by atoms with E-state index in [1.54, 1.807) is 24.3 Å². The molecule has 0 spiro atoms. The Bertz CT molecular complexity index is 1790. The fourth-order valence-electron chi connectivity index (χ4n) is 5.11. The SMILES string of the molecule is O=C(COc1ccc([C@@H]2c3sc(=O)[nH]c3S[C@H]3C(=O)N(c4cccc(C(F)(F)F)c4)C(=O)[C@@H]23)cc1)Nc1ccc(O)cc1. The third-order valence-corrected chi connectivity index (χ3v) is 9.42. The number of nitrogens with one attached hydrogen (secondary N) is 2. The lowest BCUT2D eigenvalue weighted by molar-refractivity contribution is -0.137. The van der Waals surface area contributed by atoms with Gasteiger partial charge >= 0.3 is 11.0 Å². The minimum absolute atomic E-state index is 0.0586. The zero-order valence-corrected chi connectivity index (χ0v) is 23.4. The minimum atomic E-state index is -4.66. The Morgan fingerprint density at radius 1 is 1.00 bits per heavy atom. The third-order valence-electron chi connectivity index (χ3n) is 7.02. The number of thiazole rings is 1. The van der Waals surface area contributed by atoms with E-state index in [9.17, 15) is 37.5 Å². The van der Waals surface area contributed by atoms with Gasteiger partial charge in [0.1, 0.15) is 16.7 Å². The molecule has 3 amide bonds. The highest BCUT2D eigenvalue weighted by Crippen LogP contribution is 2.53. The summed E-state index contributed by atoms with van der Waals surface area (Å²) in [5.74, 6) is -3.07. The van der Waals surface area contributed by atoms with Gasteiger partial charge in [-0.1, -0.05) is 41.3 Å². The molecule has 2 aliphatic rings. The number of fused-ring (bicyclic) bond motifs is 2. The number of nitrogens with zero attached hydrogens (tertiary/aromatic N) is 1. The smallest absolute Gasteiger partial charge is 0.416 e. The van der Waals surface area contributed by atoms with Crippen molar-refractivity contribution in [3.8, 4) is 11.5 Å². The number of rotatable bonds is 6. The van der Waals surface area contributed by atoms with E-state index in [-0.39, 0.29) is 22.9 Å². The number of carbonyl (C=O) groups excluding carboxylic acids is 3. The first-order valence-electron chi connectivity index (χ1n) is 12.8. The summed E-state index contributed by atoms with van der Waals surface area (Å²) in [6, 6.07) is 16.5. The second kappa shape index (κ2) is 10.9. The maximum Gasteiger partial charge on any atom is 0.416 e. The number of phenols is 1. The van der Waals surface area contributed by atoms with Crippen LogP contribution in [-0.4, -0.2) is 39.7 Å². The first kappa shape index (κ1) is 28.6. The van der Waals surface area contributed by atoms with Crippen LogP contribution in [0.3, 0.4) is 0 Å². The van der Waals surface area contributed by atoms with Gasteiger partial charge in [0, 0.05) is 16.5 Å². The monoisotopic (exact) mass is 627 g/mol. The fraction of sp³-hybridized carbons (Fsp3) is 0.172. The molecule has 220 valence electrons. The van der Waals surface area contributed by atoms with Crippen molar-refractivity contribution in [2.75, 3.05) is 16.8 Å². The van der Waals surface area contributed by atoms with Gasteiger partial charge in [-0.2, -0.15) is 13.2 Å². The van der Waals surface area contributed by atoms with Crippen molar-refractivity contribution in [3.63, 3.8) is 0 Å². The Morgan fingerprint density at radius 3 is 2.42 bits per heavy atom. The van der Waals surface area contributed by atoms with Crippen LogP contribution in [-0.2, 0) is 20.6 Å². The number of carbonyl (C=O) groups is 3. The summed E-state index contributed by atoms with van der Waals surface area (Å²) in [5.41, 5.74) is -0.104. The molecule has 14 heteroatoms. The van der Waals surface area contributed by atoms with Crippen molar-refractivity contribution in [3.05, 3.63) is 98.5 Å². The van der Waals surface area contributed by atoms with E-state index in [2.05, 4.69) is 10.3 Å². The summed E-state index contributed by atoms with van der Waals surface area (Å²) in [6.07, 6.45) is -4.66. The average Bonchev–Trinajstić information content (AvgIpc) is 3.47. The maximum atomic E-state index is 13.8. The molecule has 1 saturated heterocycles. The third kappa shape index (κ3) is 5.50. The summed E-state index contributed by atoms with van der Waals surface area (Å²) in [4.78, 5) is 55.5. The summed E-state index contributed by atoms with van der Waals surface area (Å²) >= 11 is 1.93. The number of halogens is 3. The molecule has 3 heterocycles. The van der Waals surface area contributed by atoms with Crippen molar-refractivity contribution in [1.29, 1.82) is 0 Å². The molecule has 0 aliphatic carbocycles. The van der Waals surface area contributed by atoms with Gasteiger partial charge in [0.05, 0.1) is 22.2 Å². The van der Waals surface area contributed by atoms with E-state index in [0.29, 0.717) is 26.9 Å². The number of thioether (sulfide) groups is 1. The molecular weight excluding hydrogens is 607 g/mol. The zero-order valence-electron chi connectivity index (χ0n) is 21.8. The standard InChI is InChI=1S/C29H20F3N3O6S2/c30-29(31,32)15-2-1-3-17(12-15)35-26(38)22-21(23-25(34-28(40)43-23)42-24(22)27(35)39)14-4-10-19(11-5-14)41-13-20(37)33-16-6-8-18(36)9-7-16/h1-12,21-22,24,36H,13H2,(H,33,37)(H,34,40)/t21-,22-,24+/m0/s1. The van der Waals surface area contributed by atoms with E-state index < -0.39 is 46.5 Å². The highest BCUT2D eigenvalue weighted by atomic mass is 32.2. The fourth-order valence-corrected chi connectivity index (χ4v) is 7.63. The number of anilines is 2. The van der Waals surface area contributed by atoms with Gasteiger partial charge in [-0.3, -0.25) is 19.2 Å². The van der Waals surface area contributed by atoms with Crippen molar-refractivity contribution in [2.45, 2.75) is 22.4 Å². The second-order valence-corrected chi connectivity index (χ2v) is 11.9. The number of H-pyrrole nitrogens is 1. The van der Waals surface area contributed by atoms with Gasteiger partial charge in [-0.15, -0.1) is 0 Å². The van der Waals surface area contributed by atoms with E-state index in [4.69, 9.17) is 4.74 Å². The van der Waals surface area contributed by atoms with Crippen molar-refractivity contribution >= 4 is 52.2 Å². The molecule has 0 saturated carbocycles. The molecule has 3 atom stereocenters. The van der Waals surface area contributed by atoms with Gasteiger partial charge in [0.2, 0.25) is 11.8 Å². The lowest BCUT2D eigenvalue weighted by Gasteiger charge is -2.29. The van der Waals surface area contributed by atoms with Crippen molar-refractivity contribution in [1.82, 2.24) is 4.98 Å². The van der Waals surface area contributed by atoms with Crippen LogP contribution in [0.4, 0.5) is 24.5 Å². The Balaban J connectivity index is 1.25. The van der Waals surface area contributed by atoms with Crippen LogP contribution in [0.1, 0.15) is 21.9 Å². The summed E-state index contributed by atoms with van der Waals surface area (Å²) < 4.78 is 45.7. The minimum Gasteiger partial charge on any atom is -0.508 e. The van der Waals surface area contributed by atoms with Gasteiger partial charge < -0.3 is 20.1 Å².